The quantitative estimate of drug-likeness (QED) is 0.335. The molecule has 1 amide bonds. The number of nitrogens with one attached hydrogen (secondary N) is 1. The van der Waals surface area contributed by atoms with E-state index in [0.29, 0.717) is 17.9 Å². The molecular formula is C22H18Br2N2O2. The average Bonchev–Trinajstić information content (AvgIpc) is 2.72. The molecule has 0 saturated heterocycles. The predicted molar refractivity (Wildman–Crippen MR) is 119 cm³/mol. The first-order valence-electron chi connectivity index (χ1n) is 8.59. The second-order valence-corrected chi connectivity index (χ2v) is 7.92. The third-order valence-corrected chi connectivity index (χ3v) is 5.08. The minimum atomic E-state index is -0.268. The number of carbonyl (C=O) groups excluding carboxylic acids is 1. The lowest BCUT2D eigenvalue weighted by molar-refractivity contribution is 0.0955. The summed E-state index contributed by atoms with van der Waals surface area (Å²) in [5.74, 6) is 0.435. The van der Waals surface area contributed by atoms with Crippen molar-refractivity contribution in [2.75, 3.05) is 0 Å². The number of rotatable bonds is 6. The topological polar surface area (TPSA) is 50.7 Å². The molecule has 6 heteroatoms. The molecule has 0 aromatic heterocycles. The Bertz CT molecular complexity index is 967. The molecule has 0 heterocycles. The molecule has 0 atom stereocenters. The van der Waals surface area contributed by atoms with Gasteiger partial charge in [0.25, 0.3) is 5.91 Å². The minimum absolute atomic E-state index is 0.268. The van der Waals surface area contributed by atoms with Crippen LogP contribution in [0, 0.1) is 0 Å². The van der Waals surface area contributed by atoms with Crippen LogP contribution in [-0.4, -0.2) is 11.6 Å². The highest BCUT2D eigenvalue weighted by Gasteiger charge is 2.06. The fourth-order valence-corrected chi connectivity index (χ4v) is 2.93. The number of amides is 1. The van der Waals surface area contributed by atoms with Gasteiger partial charge in [0.05, 0.1) is 5.71 Å². The van der Waals surface area contributed by atoms with Crippen molar-refractivity contribution in [1.82, 2.24) is 5.43 Å². The molecule has 0 saturated carbocycles. The predicted octanol–water partition coefficient (Wildman–Crippen LogP) is 5.94. The van der Waals surface area contributed by atoms with Gasteiger partial charge in [-0.3, -0.25) is 4.79 Å². The van der Waals surface area contributed by atoms with Gasteiger partial charge in [0.1, 0.15) is 12.4 Å². The van der Waals surface area contributed by atoms with E-state index in [1.165, 1.54) is 0 Å². The maximum absolute atomic E-state index is 12.3. The van der Waals surface area contributed by atoms with Gasteiger partial charge in [-0.25, -0.2) is 5.43 Å². The first-order valence-corrected chi connectivity index (χ1v) is 10.2. The number of carbonyl (C=O) groups is 1. The Hall–Kier alpha value is -2.44. The number of hydrogen-bond acceptors (Lipinski definition) is 3. The van der Waals surface area contributed by atoms with Crippen LogP contribution in [0.5, 0.6) is 5.75 Å². The number of hydrazone groups is 1. The van der Waals surface area contributed by atoms with Gasteiger partial charge < -0.3 is 4.74 Å². The third-order valence-electron chi connectivity index (χ3n) is 4.02. The zero-order valence-corrected chi connectivity index (χ0v) is 18.3. The minimum Gasteiger partial charge on any atom is -0.489 e. The van der Waals surface area contributed by atoms with E-state index in [2.05, 4.69) is 42.4 Å². The lowest BCUT2D eigenvalue weighted by Gasteiger charge is -2.07. The van der Waals surface area contributed by atoms with Crippen LogP contribution in [0.25, 0.3) is 0 Å². The van der Waals surface area contributed by atoms with Crippen molar-refractivity contribution in [3.8, 4) is 5.75 Å². The SMILES string of the molecule is C/C(=N/NC(=O)c1ccc(OCc2ccc(Br)cc2)cc1)c1ccc(Br)cc1. The molecule has 28 heavy (non-hydrogen) atoms. The highest BCUT2D eigenvalue weighted by atomic mass is 79.9. The fraction of sp³-hybridized carbons (Fsp3) is 0.0909. The van der Waals surface area contributed by atoms with Crippen molar-refractivity contribution in [1.29, 1.82) is 0 Å². The summed E-state index contributed by atoms with van der Waals surface area (Å²) in [5.41, 5.74) is 5.85. The van der Waals surface area contributed by atoms with Crippen molar-refractivity contribution in [2.24, 2.45) is 5.10 Å². The van der Waals surface area contributed by atoms with Gasteiger partial charge in [-0.15, -0.1) is 0 Å². The van der Waals surface area contributed by atoms with Crippen LogP contribution in [-0.2, 0) is 6.61 Å². The lowest BCUT2D eigenvalue weighted by Crippen LogP contribution is -2.19. The first-order chi connectivity index (χ1) is 13.5. The van der Waals surface area contributed by atoms with Gasteiger partial charge in [0, 0.05) is 14.5 Å². The second-order valence-electron chi connectivity index (χ2n) is 6.08. The molecule has 1 N–H and O–H groups in total. The molecule has 3 aromatic rings. The molecule has 3 rings (SSSR count). The largest absolute Gasteiger partial charge is 0.489 e. The van der Waals surface area contributed by atoms with Crippen LogP contribution in [0.4, 0.5) is 0 Å². The van der Waals surface area contributed by atoms with Crippen LogP contribution in [0.15, 0.2) is 86.8 Å². The Kier molecular flexibility index (Phi) is 7.01. The van der Waals surface area contributed by atoms with Crippen LogP contribution in [0.3, 0.4) is 0 Å². The van der Waals surface area contributed by atoms with Crippen molar-refractivity contribution in [3.05, 3.63) is 98.4 Å². The Balaban J connectivity index is 1.56. The summed E-state index contributed by atoms with van der Waals surface area (Å²) >= 11 is 6.81. The summed E-state index contributed by atoms with van der Waals surface area (Å²) in [6.07, 6.45) is 0. The first kappa shape index (κ1) is 20.3. The zero-order valence-electron chi connectivity index (χ0n) is 15.2. The number of halogens is 2. The maximum Gasteiger partial charge on any atom is 0.271 e. The fourth-order valence-electron chi connectivity index (χ4n) is 2.40. The molecule has 0 aliphatic carbocycles. The molecular weight excluding hydrogens is 484 g/mol. The van der Waals surface area contributed by atoms with Crippen molar-refractivity contribution in [2.45, 2.75) is 13.5 Å². The number of benzene rings is 3. The Morgan fingerprint density at radius 1 is 0.857 bits per heavy atom. The van der Waals surface area contributed by atoms with Gasteiger partial charge in [-0.1, -0.05) is 56.1 Å². The lowest BCUT2D eigenvalue weighted by atomic mass is 10.1. The Morgan fingerprint density at radius 3 is 2.00 bits per heavy atom. The van der Waals surface area contributed by atoms with Gasteiger partial charge in [0.2, 0.25) is 0 Å². The van der Waals surface area contributed by atoms with E-state index < -0.39 is 0 Å². The van der Waals surface area contributed by atoms with Gasteiger partial charge in [-0.05, 0) is 66.6 Å². The van der Waals surface area contributed by atoms with Crippen LogP contribution >= 0.6 is 31.9 Å². The maximum atomic E-state index is 12.3. The van der Waals surface area contributed by atoms with Gasteiger partial charge in [-0.2, -0.15) is 5.10 Å². The van der Waals surface area contributed by atoms with Crippen LogP contribution < -0.4 is 10.2 Å². The number of ether oxygens (including phenoxy) is 1. The van der Waals surface area contributed by atoms with Crippen molar-refractivity contribution < 1.29 is 9.53 Å². The van der Waals surface area contributed by atoms with Crippen LogP contribution in [0.1, 0.15) is 28.4 Å². The summed E-state index contributed by atoms with van der Waals surface area (Å²) < 4.78 is 7.78. The zero-order chi connectivity index (χ0) is 19.9. The van der Waals surface area contributed by atoms with Gasteiger partial charge >= 0.3 is 0 Å². The van der Waals surface area contributed by atoms with Crippen molar-refractivity contribution in [3.63, 3.8) is 0 Å². The molecule has 3 aromatic carbocycles. The second kappa shape index (κ2) is 9.66. The molecule has 0 unspecified atom stereocenters. The molecule has 0 aliphatic heterocycles. The van der Waals surface area contributed by atoms with Gasteiger partial charge in [0.15, 0.2) is 0 Å². The molecule has 0 spiro atoms. The van der Waals surface area contributed by atoms with Crippen LogP contribution in [0.2, 0.25) is 0 Å². The Labute approximate surface area is 180 Å². The van der Waals surface area contributed by atoms with E-state index in [1.54, 1.807) is 24.3 Å². The van der Waals surface area contributed by atoms with E-state index in [-0.39, 0.29) is 5.91 Å². The Morgan fingerprint density at radius 2 is 1.39 bits per heavy atom. The smallest absolute Gasteiger partial charge is 0.271 e. The third kappa shape index (κ3) is 5.78. The monoisotopic (exact) mass is 500 g/mol. The molecule has 0 bridgehead atoms. The van der Waals surface area contributed by atoms with E-state index in [0.717, 1.165) is 25.8 Å². The highest BCUT2D eigenvalue weighted by Crippen LogP contribution is 2.16. The highest BCUT2D eigenvalue weighted by molar-refractivity contribution is 9.10. The van der Waals surface area contributed by atoms with E-state index >= 15 is 0 Å². The molecule has 0 fully saturated rings. The molecule has 0 radical (unpaired) electrons. The van der Waals surface area contributed by atoms with E-state index in [4.69, 9.17) is 4.74 Å². The summed E-state index contributed by atoms with van der Waals surface area (Å²) in [6.45, 7) is 2.32. The summed E-state index contributed by atoms with van der Waals surface area (Å²) in [6, 6.07) is 22.7. The summed E-state index contributed by atoms with van der Waals surface area (Å²) in [4.78, 5) is 12.3. The van der Waals surface area contributed by atoms with E-state index in [1.807, 2.05) is 55.5 Å². The summed E-state index contributed by atoms with van der Waals surface area (Å²) in [5, 5.41) is 4.17. The molecule has 0 aliphatic rings. The van der Waals surface area contributed by atoms with E-state index in [9.17, 15) is 4.79 Å². The number of nitrogens with zero attached hydrogens (tertiary/aromatic N) is 1. The number of hydrogen-bond donors (Lipinski definition) is 1. The standard InChI is InChI=1S/C22H18Br2N2O2/c1-15(17-4-10-20(24)11-5-17)25-26-22(27)18-6-12-21(13-7-18)28-14-16-2-8-19(23)9-3-16/h2-13H,14H2,1H3,(H,26,27)/b25-15-. The summed E-state index contributed by atoms with van der Waals surface area (Å²) in [7, 11) is 0. The normalized spacial score (nSPS) is 11.2. The molecule has 142 valence electrons. The average molecular weight is 502 g/mol. The molecule has 4 nitrogen and oxygen atoms in total. The van der Waals surface area contributed by atoms with Crippen molar-refractivity contribution >= 4 is 43.5 Å².